The lowest BCUT2D eigenvalue weighted by molar-refractivity contribution is 0.0191. The molecule has 0 radical (unpaired) electrons. The van der Waals surface area contributed by atoms with Gasteiger partial charge < -0.3 is 26.0 Å². The van der Waals surface area contributed by atoms with Crippen molar-refractivity contribution < 1.29 is 19.7 Å². The highest BCUT2D eigenvalue weighted by atomic mass is 32.1. The van der Waals surface area contributed by atoms with Gasteiger partial charge in [-0.05, 0) is 11.6 Å². The smallest absolute Gasteiger partial charge is 0.407 e. The van der Waals surface area contributed by atoms with Crippen molar-refractivity contribution in [2.75, 3.05) is 12.3 Å². The van der Waals surface area contributed by atoms with E-state index in [2.05, 4.69) is 10.3 Å². The van der Waals surface area contributed by atoms with E-state index in [1.807, 2.05) is 36.4 Å². The molecule has 8 heteroatoms. The van der Waals surface area contributed by atoms with Crippen molar-refractivity contribution in [1.29, 1.82) is 0 Å². The second-order valence-corrected chi connectivity index (χ2v) is 6.76. The van der Waals surface area contributed by atoms with Gasteiger partial charge in [-0.1, -0.05) is 53.8 Å². The fourth-order valence-corrected chi connectivity index (χ4v) is 3.28. The molecule has 1 heterocycles. The Labute approximate surface area is 154 Å². The van der Waals surface area contributed by atoms with Gasteiger partial charge in [-0.25, -0.2) is 9.78 Å². The van der Waals surface area contributed by atoms with Gasteiger partial charge in [0.05, 0.1) is 10.2 Å². The number of aliphatic hydroxyl groups excluding tert-OH is 2. The minimum Gasteiger partial charge on any atom is -0.445 e. The van der Waals surface area contributed by atoms with Gasteiger partial charge in [0, 0.05) is 12.1 Å². The summed E-state index contributed by atoms with van der Waals surface area (Å²) in [6.45, 7) is -0.0342. The number of nitrogens with two attached hydrogens (primary N) is 1. The lowest BCUT2D eigenvalue weighted by Crippen LogP contribution is -2.35. The monoisotopic (exact) mass is 373 g/mol. The van der Waals surface area contributed by atoms with Gasteiger partial charge in [-0.3, -0.25) is 0 Å². The largest absolute Gasteiger partial charge is 0.445 e. The lowest BCUT2D eigenvalue weighted by atomic mass is 10.0. The third-order valence-corrected chi connectivity index (χ3v) is 4.67. The molecular weight excluding hydrogens is 354 g/mol. The van der Waals surface area contributed by atoms with Crippen LogP contribution in [0.15, 0.2) is 48.5 Å². The Bertz CT molecular complexity index is 885. The van der Waals surface area contributed by atoms with Gasteiger partial charge in [0.2, 0.25) is 0 Å². The number of nitrogens with zero attached hydrogens (tertiary/aromatic N) is 1. The van der Waals surface area contributed by atoms with Crippen LogP contribution in [0, 0.1) is 0 Å². The Morgan fingerprint density at radius 3 is 2.73 bits per heavy atom. The molecule has 3 aromatic rings. The first kappa shape index (κ1) is 18.1. The highest BCUT2D eigenvalue weighted by Gasteiger charge is 2.22. The van der Waals surface area contributed by atoms with E-state index in [4.69, 9.17) is 10.5 Å². The molecule has 3 rings (SSSR count). The minimum absolute atomic E-state index is 0.128. The van der Waals surface area contributed by atoms with Crippen LogP contribution >= 0.6 is 11.3 Å². The zero-order valence-electron chi connectivity index (χ0n) is 13.8. The molecule has 2 unspecified atom stereocenters. The first-order valence-electron chi connectivity index (χ1n) is 8.00. The van der Waals surface area contributed by atoms with E-state index < -0.39 is 18.3 Å². The maximum Gasteiger partial charge on any atom is 0.407 e. The first-order chi connectivity index (χ1) is 12.5. The number of ether oxygens (including phenoxy) is 1. The Balaban J connectivity index is 1.55. The van der Waals surface area contributed by atoms with Crippen LogP contribution in [0.5, 0.6) is 0 Å². The number of carbonyl (C=O) groups is 1. The number of hydrogen-bond donors (Lipinski definition) is 4. The molecular formula is C18H19N3O4S. The standard InChI is InChI=1S/C18H19N3O4S/c19-17-21-15-12(7-4-8-14(15)26-17)16(23)13(22)9-20-18(24)25-10-11-5-2-1-3-6-11/h1-8,13,16,22-23H,9-10H2,(H2,19,21)(H,20,24). The highest BCUT2D eigenvalue weighted by molar-refractivity contribution is 7.22. The molecule has 26 heavy (non-hydrogen) atoms. The molecule has 0 spiro atoms. The fraction of sp³-hybridized carbons (Fsp3) is 0.222. The van der Waals surface area contributed by atoms with E-state index in [0.717, 1.165) is 10.3 Å². The van der Waals surface area contributed by atoms with E-state index in [1.165, 1.54) is 11.3 Å². The highest BCUT2D eigenvalue weighted by Crippen LogP contribution is 2.30. The molecule has 0 saturated heterocycles. The number of aromatic nitrogens is 1. The number of nitrogens with one attached hydrogen (secondary N) is 1. The van der Waals surface area contributed by atoms with Crippen molar-refractivity contribution in [2.45, 2.75) is 18.8 Å². The van der Waals surface area contributed by atoms with Crippen molar-refractivity contribution in [2.24, 2.45) is 0 Å². The lowest BCUT2D eigenvalue weighted by Gasteiger charge is -2.19. The number of carbonyl (C=O) groups excluding carboxylic acids is 1. The molecule has 1 amide bonds. The Morgan fingerprint density at radius 2 is 1.96 bits per heavy atom. The van der Waals surface area contributed by atoms with E-state index in [0.29, 0.717) is 16.2 Å². The second-order valence-electron chi connectivity index (χ2n) is 5.70. The summed E-state index contributed by atoms with van der Waals surface area (Å²) < 4.78 is 5.89. The zero-order chi connectivity index (χ0) is 18.5. The van der Waals surface area contributed by atoms with Crippen molar-refractivity contribution in [3.63, 3.8) is 0 Å². The second kappa shape index (κ2) is 8.13. The van der Waals surface area contributed by atoms with Gasteiger partial charge in [0.25, 0.3) is 0 Å². The van der Waals surface area contributed by atoms with E-state index in [9.17, 15) is 15.0 Å². The first-order valence-corrected chi connectivity index (χ1v) is 8.82. The summed E-state index contributed by atoms with van der Waals surface area (Å²) in [5, 5.41) is 23.4. The molecule has 1 aromatic heterocycles. The summed E-state index contributed by atoms with van der Waals surface area (Å²) in [6.07, 6.45) is -3.10. The van der Waals surface area contributed by atoms with Crippen LogP contribution in [0.2, 0.25) is 0 Å². The van der Waals surface area contributed by atoms with Gasteiger partial charge >= 0.3 is 6.09 Å². The Hall–Kier alpha value is -2.68. The van der Waals surface area contributed by atoms with E-state index in [1.54, 1.807) is 12.1 Å². The number of para-hydroxylation sites is 1. The third kappa shape index (κ3) is 4.29. The molecule has 7 nitrogen and oxygen atoms in total. The summed E-state index contributed by atoms with van der Waals surface area (Å²) in [6, 6.07) is 14.5. The number of aliphatic hydroxyl groups is 2. The van der Waals surface area contributed by atoms with Gasteiger partial charge in [0.1, 0.15) is 18.8 Å². The maximum atomic E-state index is 11.7. The number of alkyl carbamates (subject to hydrolysis) is 1. The van der Waals surface area contributed by atoms with Crippen LogP contribution in [0.3, 0.4) is 0 Å². The number of fused-ring (bicyclic) bond motifs is 1. The van der Waals surface area contributed by atoms with Crippen molar-refractivity contribution in [3.05, 3.63) is 59.7 Å². The third-order valence-electron chi connectivity index (χ3n) is 3.82. The van der Waals surface area contributed by atoms with E-state index >= 15 is 0 Å². The fourth-order valence-electron chi connectivity index (χ4n) is 2.51. The van der Waals surface area contributed by atoms with Crippen LogP contribution in [-0.4, -0.2) is 33.9 Å². The number of benzene rings is 2. The van der Waals surface area contributed by atoms with Crippen molar-refractivity contribution in [3.8, 4) is 0 Å². The van der Waals surface area contributed by atoms with Crippen LogP contribution in [0.25, 0.3) is 10.2 Å². The molecule has 136 valence electrons. The summed E-state index contributed by atoms with van der Waals surface area (Å²) >= 11 is 1.30. The number of anilines is 1. The Morgan fingerprint density at radius 1 is 1.19 bits per heavy atom. The van der Waals surface area contributed by atoms with Crippen LogP contribution < -0.4 is 11.1 Å². The number of amides is 1. The molecule has 0 aliphatic heterocycles. The summed E-state index contributed by atoms with van der Waals surface area (Å²) in [5.74, 6) is 0. The van der Waals surface area contributed by atoms with Crippen molar-refractivity contribution in [1.82, 2.24) is 10.3 Å². The minimum atomic E-state index is -1.22. The Kier molecular flexibility index (Phi) is 5.67. The number of hydrogen-bond acceptors (Lipinski definition) is 7. The molecule has 0 saturated carbocycles. The van der Waals surface area contributed by atoms with Crippen LogP contribution in [0.4, 0.5) is 9.93 Å². The van der Waals surface area contributed by atoms with Gasteiger partial charge in [0.15, 0.2) is 5.13 Å². The van der Waals surface area contributed by atoms with Crippen LogP contribution in [0.1, 0.15) is 17.2 Å². The number of thiazole rings is 1. The van der Waals surface area contributed by atoms with Gasteiger partial charge in [-0.15, -0.1) is 0 Å². The molecule has 0 aliphatic carbocycles. The summed E-state index contributed by atoms with van der Waals surface area (Å²) in [4.78, 5) is 15.9. The average molecular weight is 373 g/mol. The summed E-state index contributed by atoms with van der Waals surface area (Å²) in [7, 11) is 0. The normalized spacial score (nSPS) is 13.3. The molecule has 2 atom stereocenters. The molecule has 5 N–H and O–H groups in total. The quantitative estimate of drug-likeness (QED) is 0.526. The molecule has 0 fully saturated rings. The predicted molar refractivity (Wildman–Crippen MR) is 99.6 cm³/mol. The molecule has 0 aliphatic rings. The topological polar surface area (TPSA) is 118 Å². The van der Waals surface area contributed by atoms with Crippen molar-refractivity contribution >= 4 is 32.8 Å². The molecule has 2 aromatic carbocycles. The predicted octanol–water partition coefficient (Wildman–Crippen LogP) is 2.20. The average Bonchev–Trinajstić information content (AvgIpc) is 3.04. The number of rotatable bonds is 6. The summed E-state index contributed by atoms with van der Waals surface area (Å²) in [5.41, 5.74) is 7.57. The number of nitrogen functional groups attached to an aromatic ring is 1. The van der Waals surface area contributed by atoms with Gasteiger partial charge in [-0.2, -0.15) is 0 Å². The SMILES string of the molecule is Nc1nc2c(C(O)C(O)CNC(=O)OCc3ccccc3)cccc2s1. The van der Waals surface area contributed by atoms with E-state index in [-0.39, 0.29) is 13.2 Å². The zero-order valence-corrected chi connectivity index (χ0v) is 14.6. The molecule has 0 bridgehead atoms. The van der Waals surface area contributed by atoms with Crippen LogP contribution in [-0.2, 0) is 11.3 Å². The maximum absolute atomic E-state index is 11.7.